The number of carbonyl (C=O) groups is 3. The van der Waals surface area contributed by atoms with E-state index < -0.39 is 17.9 Å². The van der Waals surface area contributed by atoms with Crippen molar-refractivity contribution in [3.8, 4) is 5.75 Å². The van der Waals surface area contributed by atoms with Crippen LogP contribution in [-0.2, 0) is 9.59 Å². The van der Waals surface area contributed by atoms with Crippen LogP contribution in [0.25, 0.3) is 0 Å². The first-order valence-corrected chi connectivity index (χ1v) is 9.85. The molecular weight excluding hydrogens is 382 g/mol. The van der Waals surface area contributed by atoms with Gasteiger partial charge in [-0.1, -0.05) is 50.2 Å². The number of amides is 3. The monoisotopic (exact) mass is 411 g/mol. The zero-order valence-corrected chi connectivity index (χ0v) is 18.0. The van der Waals surface area contributed by atoms with Crippen LogP contribution < -0.4 is 20.9 Å². The zero-order chi connectivity index (χ0) is 22.3. The second kappa shape index (κ2) is 10.4. The lowest BCUT2D eigenvalue weighted by Crippen LogP contribution is -2.55. The van der Waals surface area contributed by atoms with E-state index in [0.717, 1.165) is 16.7 Å². The fourth-order valence-corrected chi connectivity index (χ4v) is 2.99. The van der Waals surface area contributed by atoms with Gasteiger partial charge in [0.2, 0.25) is 0 Å². The van der Waals surface area contributed by atoms with Crippen molar-refractivity contribution >= 4 is 17.7 Å². The summed E-state index contributed by atoms with van der Waals surface area (Å²) < 4.78 is 5.57. The largest absolute Gasteiger partial charge is 0.483 e. The van der Waals surface area contributed by atoms with Gasteiger partial charge in [0.15, 0.2) is 6.61 Å². The zero-order valence-electron chi connectivity index (χ0n) is 18.0. The molecule has 30 heavy (non-hydrogen) atoms. The highest BCUT2D eigenvalue weighted by atomic mass is 16.5. The van der Waals surface area contributed by atoms with Crippen LogP contribution in [0.5, 0.6) is 5.75 Å². The van der Waals surface area contributed by atoms with Gasteiger partial charge in [-0.15, -0.1) is 0 Å². The Labute approximate surface area is 177 Å². The van der Waals surface area contributed by atoms with Gasteiger partial charge >= 0.3 is 0 Å². The molecule has 7 heteroatoms. The van der Waals surface area contributed by atoms with Gasteiger partial charge in [0.1, 0.15) is 11.8 Å². The first kappa shape index (κ1) is 22.9. The van der Waals surface area contributed by atoms with Crippen LogP contribution in [-0.4, -0.2) is 30.4 Å². The minimum absolute atomic E-state index is 0.180. The summed E-state index contributed by atoms with van der Waals surface area (Å²) in [6.45, 7) is 9.00. The molecule has 2 aromatic carbocycles. The van der Waals surface area contributed by atoms with Crippen LogP contribution in [0.1, 0.15) is 40.9 Å². The third-order valence-electron chi connectivity index (χ3n) is 4.71. The number of nitrogens with one attached hydrogen (secondary N) is 3. The van der Waals surface area contributed by atoms with E-state index in [9.17, 15) is 14.4 Å². The van der Waals surface area contributed by atoms with E-state index >= 15 is 0 Å². The molecule has 0 fully saturated rings. The molecule has 160 valence electrons. The average molecular weight is 412 g/mol. The van der Waals surface area contributed by atoms with Gasteiger partial charge in [-0.05, 0) is 49.4 Å². The Morgan fingerprint density at radius 3 is 2.07 bits per heavy atom. The van der Waals surface area contributed by atoms with Crippen molar-refractivity contribution in [1.29, 1.82) is 0 Å². The maximum atomic E-state index is 12.5. The number of rotatable bonds is 7. The van der Waals surface area contributed by atoms with Crippen molar-refractivity contribution in [3.63, 3.8) is 0 Å². The number of para-hydroxylation sites is 1. The van der Waals surface area contributed by atoms with E-state index in [1.54, 1.807) is 12.1 Å². The summed E-state index contributed by atoms with van der Waals surface area (Å²) >= 11 is 0. The fourth-order valence-electron chi connectivity index (χ4n) is 2.99. The lowest BCUT2D eigenvalue weighted by atomic mass is 10.0. The fraction of sp³-hybridized carbons (Fsp3) is 0.348. The topological polar surface area (TPSA) is 96.5 Å². The smallest absolute Gasteiger partial charge is 0.276 e. The Morgan fingerprint density at radius 2 is 1.47 bits per heavy atom. The number of hydrogen-bond donors (Lipinski definition) is 3. The predicted molar refractivity (Wildman–Crippen MR) is 115 cm³/mol. The molecule has 0 spiro atoms. The molecule has 0 saturated heterocycles. The van der Waals surface area contributed by atoms with Gasteiger partial charge in [-0.3, -0.25) is 25.2 Å². The predicted octanol–water partition coefficient (Wildman–Crippen LogP) is 2.59. The molecule has 3 amide bonds. The summed E-state index contributed by atoms with van der Waals surface area (Å²) in [5, 5.41) is 2.74. The van der Waals surface area contributed by atoms with Crippen LogP contribution in [0.15, 0.2) is 42.5 Å². The number of ether oxygens (including phenoxy) is 1. The Morgan fingerprint density at radius 1 is 0.867 bits per heavy atom. The van der Waals surface area contributed by atoms with Crippen molar-refractivity contribution in [3.05, 3.63) is 64.7 Å². The molecule has 1 atom stereocenters. The molecule has 3 N–H and O–H groups in total. The Kier molecular flexibility index (Phi) is 7.98. The quantitative estimate of drug-likeness (QED) is 0.610. The third-order valence-corrected chi connectivity index (χ3v) is 4.71. The molecule has 0 aliphatic carbocycles. The van der Waals surface area contributed by atoms with E-state index in [-0.39, 0.29) is 18.4 Å². The number of carbonyl (C=O) groups excluding carboxylic acids is 3. The van der Waals surface area contributed by atoms with Gasteiger partial charge < -0.3 is 10.1 Å². The number of hydrazine groups is 1. The summed E-state index contributed by atoms with van der Waals surface area (Å²) in [6, 6.07) is 12.0. The van der Waals surface area contributed by atoms with E-state index in [1.807, 2.05) is 65.0 Å². The van der Waals surface area contributed by atoms with Crippen molar-refractivity contribution in [2.75, 3.05) is 6.61 Å². The molecule has 0 heterocycles. The van der Waals surface area contributed by atoms with Crippen LogP contribution in [0, 0.1) is 26.7 Å². The SMILES string of the molecule is Cc1ccccc1C(=O)N[C@H](C(=O)NNC(=O)COc1c(C)cccc1C)C(C)C. The third kappa shape index (κ3) is 6.07. The van der Waals surface area contributed by atoms with Crippen molar-refractivity contribution < 1.29 is 19.1 Å². The summed E-state index contributed by atoms with van der Waals surface area (Å²) in [5.74, 6) is -0.886. The summed E-state index contributed by atoms with van der Waals surface area (Å²) in [4.78, 5) is 37.2. The normalized spacial score (nSPS) is 11.5. The van der Waals surface area contributed by atoms with Crippen molar-refractivity contribution in [2.45, 2.75) is 40.7 Å². The number of hydrogen-bond acceptors (Lipinski definition) is 4. The lowest BCUT2D eigenvalue weighted by molar-refractivity contribution is -0.131. The van der Waals surface area contributed by atoms with Gasteiger partial charge in [-0.2, -0.15) is 0 Å². The molecule has 2 rings (SSSR count). The first-order valence-electron chi connectivity index (χ1n) is 9.85. The highest BCUT2D eigenvalue weighted by molar-refractivity contribution is 5.98. The van der Waals surface area contributed by atoms with E-state index in [2.05, 4.69) is 16.2 Å². The Balaban J connectivity index is 1.91. The van der Waals surface area contributed by atoms with E-state index in [1.165, 1.54) is 0 Å². The lowest BCUT2D eigenvalue weighted by Gasteiger charge is -2.22. The highest BCUT2D eigenvalue weighted by Gasteiger charge is 2.25. The first-order chi connectivity index (χ1) is 14.2. The van der Waals surface area contributed by atoms with Crippen LogP contribution in [0.4, 0.5) is 0 Å². The molecular formula is C23H29N3O4. The summed E-state index contributed by atoms with van der Waals surface area (Å²) in [5.41, 5.74) is 7.86. The van der Waals surface area contributed by atoms with Crippen LogP contribution >= 0.6 is 0 Å². The van der Waals surface area contributed by atoms with Gasteiger partial charge in [-0.25, -0.2) is 0 Å². The highest BCUT2D eigenvalue weighted by Crippen LogP contribution is 2.21. The molecule has 0 aliphatic rings. The molecule has 0 aliphatic heterocycles. The second-order valence-electron chi connectivity index (χ2n) is 7.56. The molecule has 7 nitrogen and oxygen atoms in total. The van der Waals surface area contributed by atoms with Crippen molar-refractivity contribution in [2.24, 2.45) is 5.92 Å². The van der Waals surface area contributed by atoms with Crippen molar-refractivity contribution in [1.82, 2.24) is 16.2 Å². The standard InChI is InChI=1S/C23H29N3O4/c1-14(2)20(24-22(28)18-12-7-6-9-15(18)3)23(29)26-25-19(27)13-30-21-16(4)10-8-11-17(21)5/h6-12,14,20H,13H2,1-5H3,(H,24,28)(H,25,27)(H,26,29)/t20-/m0/s1. The number of benzene rings is 2. The van der Waals surface area contributed by atoms with E-state index in [4.69, 9.17) is 4.74 Å². The molecule has 0 unspecified atom stereocenters. The van der Waals surface area contributed by atoms with Gasteiger partial charge in [0, 0.05) is 5.56 Å². The summed E-state index contributed by atoms with van der Waals surface area (Å²) in [6.07, 6.45) is 0. The summed E-state index contributed by atoms with van der Waals surface area (Å²) in [7, 11) is 0. The maximum Gasteiger partial charge on any atom is 0.276 e. The second-order valence-corrected chi connectivity index (χ2v) is 7.56. The van der Waals surface area contributed by atoms with Gasteiger partial charge in [0.05, 0.1) is 0 Å². The molecule has 0 radical (unpaired) electrons. The average Bonchev–Trinajstić information content (AvgIpc) is 2.69. The Bertz CT molecular complexity index is 904. The molecule has 0 aromatic heterocycles. The minimum Gasteiger partial charge on any atom is -0.483 e. The van der Waals surface area contributed by atoms with Gasteiger partial charge in [0.25, 0.3) is 17.7 Å². The molecule has 0 bridgehead atoms. The van der Waals surface area contributed by atoms with Crippen LogP contribution in [0.2, 0.25) is 0 Å². The number of aryl methyl sites for hydroxylation is 3. The van der Waals surface area contributed by atoms with E-state index in [0.29, 0.717) is 11.3 Å². The minimum atomic E-state index is -0.808. The molecule has 0 saturated carbocycles. The van der Waals surface area contributed by atoms with Crippen LogP contribution in [0.3, 0.4) is 0 Å². The maximum absolute atomic E-state index is 12.5. The molecule has 2 aromatic rings. The Hall–Kier alpha value is -3.35.